The van der Waals surface area contributed by atoms with Crippen LogP contribution in [0.15, 0.2) is 68.4 Å². The van der Waals surface area contributed by atoms with Gasteiger partial charge in [-0.25, -0.2) is 22.5 Å². The maximum atomic E-state index is 13.0. The molecule has 0 atom stereocenters. The summed E-state index contributed by atoms with van der Waals surface area (Å²) in [6.07, 6.45) is 0. The summed E-state index contributed by atoms with van der Waals surface area (Å²) in [5.74, 6) is -0.859. The van der Waals surface area contributed by atoms with E-state index in [1.54, 1.807) is 18.2 Å². The highest BCUT2D eigenvalue weighted by Crippen LogP contribution is 2.25. The summed E-state index contributed by atoms with van der Waals surface area (Å²) in [5, 5.41) is 0.322. The van der Waals surface area contributed by atoms with Crippen LogP contribution in [0.5, 0.6) is 0 Å². The van der Waals surface area contributed by atoms with Crippen LogP contribution < -0.4 is 20.9 Å². The number of benzene rings is 2. The van der Waals surface area contributed by atoms with E-state index in [2.05, 4.69) is 4.98 Å². The summed E-state index contributed by atoms with van der Waals surface area (Å²) in [5.41, 5.74) is 0.328. The Morgan fingerprint density at radius 2 is 1.76 bits per heavy atom. The normalized spacial score (nSPS) is 11.5. The molecule has 0 saturated heterocycles. The molecule has 0 saturated carbocycles. The van der Waals surface area contributed by atoms with Crippen molar-refractivity contribution in [1.29, 1.82) is 0 Å². The highest BCUT2D eigenvalue weighted by Gasteiger charge is 2.21. The number of thiophene rings is 1. The van der Waals surface area contributed by atoms with Crippen LogP contribution in [-0.2, 0) is 10.0 Å². The second-order valence-corrected chi connectivity index (χ2v) is 10.9. The number of H-pyrrole nitrogens is 1. The number of anilines is 1. The third-order valence-corrected chi connectivity index (χ3v) is 7.88. The Labute approximate surface area is 196 Å². The first-order valence-corrected chi connectivity index (χ1v) is 12.1. The molecule has 0 bridgehead atoms. The Morgan fingerprint density at radius 3 is 2.36 bits per heavy atom. The predicted octanol–water partition coefficient (Wildman–Crippen LogP) is 2.58. The fourth-order valence-corrected chi connectivity index (χ4v) is 5.61. The van der Waals surface area contributed by atoms with E-state index in [1.165, 1.54) is 36.4 Å². The van der Waals surface area contributed by atoms with Crippen LogP contribution >= 0.6 is 22.9 Å². The zero-order chi connectivity index (χ0) is 23.9. The number of carbonyl (C=O) groups excluding carboxylic acids is 1. The van der Waals surface area contributed by atoms with Crippen molar-refractivity contribution < 1.29 is 13.2 Å². The van der Waals surface area contributed by atoms with Gasteiger partial charge in [0.05, 0.1) is 20.9 Å². The highest BCUT2D eigenvalue weighted by molar-refractivity contribution is 7.92. The number of hydrogen-bond donors (Lipinski definition) is 2. The number of sulfonamides is 1. The summed E-state index contributed by atoms with van der Waals surface area (Å²) >= 11 is 6.58. The predicted molar refractivity (Wildman–Crippen MR) is 128 cm³/mol. The molecule has 12 heteroatoms. The molecular formula is C21H17ClN4O5S2. The lowest BCUT2D eigenvalue weighted by Crippen LogP contribution is -2.34. The van der Waals surface area contributed by atoms with Gasteiger partial charge in [-0.3, -0.25) is 9.59 Å². The number of fused-ring (bicyclic) bond motifs is 1. The molecule has 2 aromatic heterocycles. The number of carbonyl (C=O) groups is 1. The van der Waals surface area contributed by atoms with E-state index < -0.39 is 27.2 Å². The fourth-order valence-electron chi connectivity index (χ4n) is 3.15. The van der Waals surface area contributed by atoms with Gasteiger partial charge in [0, 0.05) is 25.3 Å². The first-order valence-electron chi connectivity index (χ1n) is 9.46. The minimum Gasteiger partial charge on any atom is -0.378 e. The van der Waals surface area contributed by atoms with Crippen molar-refractivity contribution in [3.63, 3.8) is 0 Å². The molecule has 2 aromatic carbocycles. The zero-order valence-electron chi connectivity index (χ0n) is 17.3. The summed E-state index contributed by atoms with van der Waals surface area (Å²) in [6, 6.07) is 13.2. The summed E-state index contributed by atoms with van der Waals surface area (Å²) < 4.78 is 27.7. The Balaban J connectivity index is 1.65. The van der Waals surface area contributed by atoms with E-state index in [-0.39, 0.29) is 19.8 Å². The second kappa shape index (κ2) is 8.50. The maximum absolute atomic E-state index is 13.0. The molecule has 0 aliphatic heterocycles. The first kappa shape index (κ1) is 22.8. The van der Waals surface area contributed by atoms with Crippen LogP contribution in [0.1, 0.15) is 10.4 Å². The van der Waals surface area contributed by atoms with Gasteiger partial charge in [-0.2, -0.15) is 0 Å². The summed E-state index contributed by atoms with van der Waals surface area (Å²) in [7, 11) is -0.383. The molecule has 170 valence electrons. The first-order chi connectivity index (χ1) is 15.6. The molecular weight excluding hydrogens is 488 g/mol. The number of aromatic nitrogens is 2. The van der Waals surface area contributed by atoms with Crippen LogP contribution in [0, 0.1) is 0 Å². The van der Waals surface area contributed by atoms with E-state index in [0.29, 0.717) is 10.9 Å². The molecule has 0 radical (unpaired) electrons. The number of rotatable bonds is 5. The maximum Gasteiger partial charge on any atom is 0.333 e. The van der Waals surface area contributed by atoms with Crippen molar-refractivity contribution in [2.45, 2.75) is 4.21 Å². The molecule has 0 aliphatic rings. The van der Waals surface area contributed by atoms with Gasteiger partial charge in [0.1, 0.15) is 4.21 Å². The standard InChI is InChI=1S/C21H17ClN4O5S2/c1-25(2)14-7-8-15-16(11-14)23-21(29)26(20(15)28)13-5-3-12(4-6-13)19(27)24-33(30,31)18-10-9-17(22)32-18/h3-11H,1-2H3,(H,23,29)(H,24,27). The monoisotopic (exact) mass is 504 g/mol. The summed E-state index contributed by atoms with van der Waals surface area (Å²) in [6.45, 7) is 0. The van der Waals surface area contributed by atoms with Crippen LogP contribution in [-0.4, -0.2) is 38.0 Å². The number of nitrogens with one attached hydrogen (secondary N) is 2. The number of aromatic amines is 1. The third kappa shape index (κ3) is 4.42. The average Bonchev–Trinajstić information content (AvgIpc) is 3.21. The quantitative estimate of drug-likeness (QED) is 0.431. The van der Waals surface area contributed by atoms with E-state index in [0.717, 1.165) is 21.6 Å². The van der Waals surface area contributed by atoms with Crippen LogP contribution in [0.3, 0.4) is 0 Å². The Hall–Kier alpha value is -3.41. The Bertz CT molecular complexity index is 1600. The molecule has 0 unspecified atom stereocenters. The van der Waals surface area contributed by atoms with Crippen molar-refractivity contribution >= 4 is 55.5 Å². The Kier molecular flexibility index (Phi) is 5.87. The molecule has 0 aliphatic carbocycles. The average molecular weight is 505 g/mol. The van der Waals surface area contributed by atoms with Gasteiger partial charge >= 0.3 is 5.69 Å². The minimum atomic E-state index is -4.08. The van der Waals surface area contributed by atoms with Crippen LogP contribution in [0.2, 0.25) is 4.34 Å². The van der Waals surface area contributed by atoms with Gasteiger partial charge in [0.2, 0.25) is 0 Å². The molecule has 33 heavy (non-hydrogen) atoms. The van der Waals surface area contributed by atoms with E-state index in [1.807, 2.05) is 23.7 Å². The van der Waals surface area contributed by atoms with E-state index >= 15 is 0 Å². The molecule has 0 spiro atoms. The smallest absolute Gasteiger partial charge is 0.333 e. The van der Waals surface area contributed by atoms with Crippen molar-refractivity contribution in [3.8, 4) is 5.69 Å². The largest absolute Gasteiger partial charge is 0.378 e. The highest BCUT2D eigenvalue weighted by atomic mass is 35.5. The second-order valence-electron chi connectivity index (χ2n) is 7.24. The molecule has 0 fully saturated rings. The number of hydrogen-bond acceptors (Lipinski definition) is 7. The van der Waals surface area contributed by atoms with Gasteiger partial charge in [0.25, 0.3) is 21.5 Å². The molecule has 9 nitrogen and oxygen atoms in total. The topological polar surface area (TPSA) is 121 Å². The lowest BCUT2D eigenvalue weighted by Gasteiger charge is -2.13. The van der Waals surface area contributed by atoms with Crippen molar-refractivity contribution in [2.75, 3.05) is 19.0 Å². The van der Waals surface area contributed by atoms with Crippen molar-refractivity contribution in [2.24, 2.45) is 0 Å². The number of nitrogens with zero attached hydrogens (tertiary/aromatic N) is 2. The van der Waals surface area contributed by atoms with Gasteiger partial charge in [-0.15, -0.1) is 11.3 Å². The van der Waals surface area contributed by atoms with Crippen molar-refractivity contribution in [3.05, 3.63) is 85.3 Å². The molecule has 2 heterocycles. The molecule has 4 aromatic rings. The fraction of sp³-hybridized carbons (Fsp3) is 0.0952. The van der Waals surface area contributed by atoms with Gasteiger partial charge in [-0.1, -0.05) is 11.6 Å². The minimum absolute atomic E-state index is 0.0332. The summed E-state index contributed by atoms with van der Waals surface area (Å²) in [4.78, 5) is 42.6. The van der Waals surface area contributed by atoms with Crippen LogP contribution in [0.4, 0.5) is 5.69 Å². The van der Waals surface area contributed by atoms with Crippen LogP contribution in [0.25, 0.3) is 16.6 Å². The Morgan fingerprint density at radius 1 is 1.06 bits per heavy atom. The van der Waals surface area contributed by atoms with E-state index in [4.69, 9.17) is 11.6 Å². The van der Waals surface area contributed by atoms with E-state index in [9.17, 15) is 22.8 Å². The lowest BCUT2D eigenvalue weighted by atomic mass is 10.2. The SMILES string of the molecule is CN(C)c1ccc2c(=O)n(-c3ccc(C(=O)NS(=O)(=O)c4ccc(Cl)s4)cc3)c(=O)[nH]c2c1. The van der Waals surface area contributed by atoms with Gasteiger partial charge in [-0.05, 0) is 54.6 Å². The lowest BCUT2D eigenvalue weighted by molar-refractivity contribution is 0.0981. The van der Waals surface area contributed by atoms with Crippen molar-refractivity contribution in [1.82, 2.24) is 14.3 Å². The third-order valence-electron chi connectivity index (χ3n) is 4.83. The molecule has 2 N–H and O–H groups in total. The van der Waals surface area contributed by atoms with Gasteiger partial charge in [0.15, 0.2) is 0 Å². The number of halogens is 1. The molecule has 4 rings (SSSR count). The van der Waals surface area contributed by atoms with Gasteiger partial charge < -0.3 is 9.88 Å². The zero-order valence-corrected chi connectivity index (χ0v) is 19.7. The molecule has 1 amide bonds. The number of amides is 1.